The molecular weight excluding hydrogens is 224 g/mol. The molecule has 0 saturated carbocycles. The molecule has 1 aromatic carbocycles. The van der Waals surface area contributed by atoms with E-state index in [9.17, 15) is 4.79 Å². The molecule has 1 aliphatic heterocycles. The van der Waals surface area contributed by atoms with Crippen molar-refractivity contribution in [3.8, 4) is 0 Å². The molecule has 0 fully saturated rings. The molecule has 1 heterocycles. The van der Waals surface area contributed by atoms with Crippen LogP contribution in [0, 0.1) is 0 Å². The summed E-state index contributed by atoms with van der Waals surface area (Å²) in [7, 11) is 1.85. The number of benzene rings is 1. The van der Waals surface area contributed by atoms with Crippen LogP contribution in [0.2, 0.25) is 0 Å². The lowest BCUT2D eigenvalue weighted by molar-refractivity contribution is -0.133. The van der Waals surface area contributed by atoms with E-state index >= 15 is 0 Å². The van der Waals surface area contributed by atoms with Gasteiger partial charge in [-0.25, -0.2) is 0 Å². The second kappa shape index (κ2) is 4.73. The van der Waals surface area contributed by atoms with Crippen LogP contribution >= 0.6 is 0 Å². The Labute approximate surface area is 109 Å². The summed E-state index contributed by atoms with van der Waals surface area (Å²) >= 11 is 0. The third-order valence-electron chi connectivity index (χ3n) is 3.82. The van der Waals surface area contributed by atoms with Crippen molar-refractivity contribution in [2.45, 2.75) is 32.2 Å². The zero-order valence-electron chi connectivity index (χ0n) is 11.7. The zero-order valence-corrected chi connectivity index (χ0v) is 11.7. The van der Waals surface area contributed by atoms with Gasteiger partial charge < -0.3 is 10.2 Å². The molecule has 1 aliphatic rings. The second-order valence-corrected chi connectivity index (χ2v) is 5.55. The molecule has 1 unspecified atom stereocenters. The number of carbonyl (C=O) groups is 1. The number of likely N-dealkylation sites (N-methyl/N-ethyl adjacent to an activating group) is 2. The highest BCUT2D eigenvalue weighted by molar-refractivity contribution is 5.84. The molecule has 1 amide bonds. The van der Waals surface area contributed by atoms with Crippen LogP contribution in [0.1, 0.15) is 37.9 Å². The summed E-state index contributed by atoms with van der Waals surface area (Å²) < 4.78 is 0. The minimum atomic E-state index is -0.220. The molecule has 0 aromatic heterocycles. The summed E-state index contributed by atoms with van der Waals surface area (Å²) in [5, 5.41) is 3.16. The van der Waals surface area contributed by atoms with Gasteiger partial charge >= 0.3 is 0 Å². The summed E-state index contributed by atoms with van der Waals surface area (Å²) in [5.41, 5.74) is 2.38. The number of hydrogen-bond donors (Lipinski definition) is 1. The Balaban J connectivity index is 2.58. The Morgan fingerprint density at radius 2 is 2.06 bits per heavy atom. The van der Waals surface area contributed by atoms with E-state index in [4.69, 9.17) is 0 Å². The average molecular weight is 246 g/mol. The number of fused-ring (bicyclic) bond motifs is 1. The van der Waals surface area contributed by atoms with Gasteiger partial charge in [0.1, 0.15) is 6.04 Å². The first-order valence-electron chi connectivity index (χ1n) is 6.56. The van der Waals surface area contributed by atoms with E-state index in [0.29, 0.717) is 0 Å². The molecule has 2 rings (SSSR count). The van der Waals surface area contributed by atoms with Gasteiger partial charge in [-0.2, -0.15) is 0 Å². The van der Waals surface area contributed by atoms with E-state index in [-0.39, 0.29) is 17.4 Å². The van der Waals surface area contributed by atoms with Crippen molar-refractivity contribution in [1.82, 2.24) is 10.2 Å². The van der Waals surface area contributed by atoms with Crippen LogP contribution in [0.4, 0.5) is 0 Å². The van der Waals surface area contributed by atoms with E-state index in [1.165, 1.54) is 5.56 Å². The van der Waals surface area contributed by atoms with E-state index in [2.05, 4.69) is 37.4 Å². The number of nitrogens with one attached hydrogen (secondary N) is 1. The van der Waals surface area contributed by atoms with E-state index in [1.54, 1.807) is 0 Å². The van der Waals surface area contributed by atoms with Gasteiger partial charge in [-0.3, -0.25) is 4.79 Å². The molecule has 3 nitrogen and oxygen atoms in total. The molecule has 0 bridgehead atoms. The first-order chi connectivity index (χ1) is 8.51. The van der Waals surface area contributed by atoms with Gasteiger partial charge in [0.25, 0.3) is 0 Å². The summed E-state index contributed by atoms with van der Waals surface area (Å²) in [6, 6.07) is 8.05. The molecule has 0 spiro atoms. The smallest absolute Gasteiger partial charge is 0.244 e. The third kappa shape index (κ3) is 2.03. The van der Waals surface area contributed by atoms with Crippen LogP contribution in [0.25, 0.3) is 0 Å². The van der Waals surface area contributed by atoms with Crippen molar-refractivity contribution in [2.24, 2.45) is 0 Å². The van der Waals surface area contributed by atoms with E-state index in [0.717, 1.165) is 18.7 Å². The van der Waals surface area contributed by atoms with E-state index < -0.39 is 0 Å². The Kier molecular flexibility index (Phi) is 3.44. The normalized spacial score (nSPS) is 22.6. The largest absolute Gasteiger partial charge is 0.340 e. The lowest BCUT2D eigenvalue weighted by Crippen LogP contribution is -2.41. The lowest BCUT2D eigenvalue weighted by atomic mass is 9.81. The van der Waals surface area contributed by atoms with Crippen LogP contribution < -0.4 is 5.32 Å². The zero-order chi connectivity index (χ0) is 13.3. The van der Waals surface area contributed by atoms with Crippen LogP contribution in [-0.4, -0.2) is 30.9 Å². The van der Waals surface area contributed by atoms with Crippen LogP contribution in [-0.2, 0) is 10.2 Å². The minimum Gasteiger partial charge on any atom is -0.340 e. The third-order valence-corrected chi connectivity index (χ3v) is 3.82. The van der Waals surface area contributed by atoms with Gasteiger partial charge in [-0.1, -0.05) is 38.1 Å². The van der Waals surface area contributed by atoms with Crippen molar-refractivity contribution in [3.05, 3.63) is 35.4 Å². The Bertz CT molecular complexity index is 454. The molecule has 0 saturated heterocycles. The summed E-state index contributed by atoms with van der Waals surface area (Å²) in [6.45, 7) is 7.99. The first kappa shape index (κ1) is 13.1. The first-order valence-corrected chi connectivity index (χ1v) is 6.56. The van der Waals surface area contributed by atoms with E-state index in [1.807, 2.05) is 24.9 Å². The standard InChI is InChI=1S/C15H22N2O/c1-5-17-10-15(2,3)12-9-7-6-8-11(12)13(16-4)14(17)18/h6-9,13,16H,5,10H2,1-4H3. The van der Waals surface area contributed by atoms with Gasteiger partial charge in [0.2, 0.25) is 5.91 Å². The Hall–Kier alpha value is -1.35. The number of hydrogen-bond acceptors (Lipinski definition) is 2. The molecule has 18 heavy (non-hydrogen) atoms. The predicted octanol–water partition coefficient (Wildman–Crippen LogP) is 2.09. The molecule has 1 atom stereocenters. The monoisotopic (exact) mass is 246 g/mol. The Morgan fingerprint density at radius 1 is 1.39 bits per heavy atom. The van der Waals surface area contributed by atoms with Crippen LogP contribution in [0.3, 0.4) is 0 Å². The lowest BCUT2D eigenvalue weighted by Gasteiger charge is -2.30. The fraction of sp³-hybridized carbons (Fsp3) is 0.533. The van der Waals surface area contributed by atoms with Crippen molar-refractivity contribution >= 4 is 5.91 Å². The van der Waals surface area contributed by atoms with Crippen molar-refractivity contribution in [3.63, 3.8) is 0 Å². The quantitative estimate of drug-likeness (QED) is 0.866. The molecule has 1 N–H and O–H groups in total. The molecular formula is C15H22N2O. The SMILES string of the molecule is CCN1CC(C)(C)c2ccccc2C(NC)C1=O. The summed E-state index contributed by atoms with van der Waals surface area (Å²) in [5.74, 6) is 0.179. The Morgan fingerprint density at radius 3 is 2.67 bits per heavy atom. The highest BCUT2D eigenvalue weighted by atomic mass is 16.2. The molecule has 98 valence electrons. The second-order valence-electron chi connectivity index (χ2n) is 5.55. The minimum absolute atomic E-state index is 0.00609. The van der Waals surface area contributed by atoms with Gasteiger partial charge in [0, 0.05) is 18.5 Å². The number of carbonyl (C=O) groups excluding carboxylic acids is 1. The van der Waals surface area contributed by atoms with Crippen LogP contribution in [0.5, 0.6) is 0 Å². The van der Waals surface area contributed by atoms with Crippen molar-refractivity contribution in [2.75, 3.05) is 20.1 Å². The number of nitrogens with zero attached hydrogens (tertiary/aromatic N) is 1. The highest BCUT2D eigenvalue weighted by Gasteiger charge is 2.37. The van der Waals surface area contributed by atoms with Crippen molar-refractivity contribution < 1.29 is 4.79 Å². The van der Waals surface area contributed by atoms with Crippen LogP contribution in [0.15, 0.2) is 24.3 Å². The average Bonchev–Trinajstić information content (AvgIpc) is 2.44. The molecule has 0 aliphatic carbocycles. The van der Waals surface area contributed by atoms with Gasteiger partial charge in [-0.05, 0) is 25.1 Å². The number of rotatable bonds is 2. The topological polar surface area (TPSA) is 32.3 Å². The highest BCUT2D eigenvalue weighted by Crippen LogP contribution is 2.35. The summed E-state index contributed by atoms with van der Waals surface area (Å²) in [4.78, 5) is 14.5. The maximum Gasteiger partial charge on any atom is 0.244 e. The number of amides is 1. The molecule has 1 aromatic rings. The van der Waals surface area contributed by atoms with Gasteiger partial charge in [0.05, 0.1) is 0 Å². The maximum atomic E-state index is 12.5. The predicted molar refractivity (Wildman–Crippen MR) is 73.5 cm³/mol. The van der Waals surface area contributed by atoms with Gasteiger partial charge in [0.15, 0.2) is 0 Å². The molecule has 3 heteroatoms. The molecule has 0 radical (unpaired) electrons. The van der Waals surface area contributed by atoms with Gasteiger partial charge in [-0.15, -0.1) is 0 Å². The fourth-order valence-corrected chi connectivity index (χ4v) is 2.87. The van der Waals surface area contributed by atoms with Crippen molar-refractivity contribution in [1.29, 1.82) is 0 Å². The summed E-state index contributed by atoms with van der Waals surface area (Å²) in [6.07, 6.45) is 0. The maximum absolute atomic E-state index is 12.5. The fourth-order valence-electron chi connectivity index (χ4n) is 2.87.